The van der Waals surface area contributed by atoms with E-state index >= 15 is 0 Å². The molecule has 0 amide bonds. The SMILES string of the molecule is COC(=O)Cn1c(CNCCc2nc3c4cc(F)cc(OC)c4nc(NCc4ccc(OC)cc4OC)n3n2)cnc1C(C)C. The summed E-state index contributed by atoms with van der Waals surface area (Å²) in [7, 11) is 6.03. The number of methoxy groups -OCH3 is 4. The van der Waals surface area contributed by atoms with Gasteiger partial charge in [0.1, 0.15) is 41.0 Å². The van der Waals surface area contributed by atoms with Crippen LogP contribution >= 0.6 is 0 Å². The molecule has 0 saturated heterocycles. The number of benzene rings is 2. The third-order valence-corrected chi connectivity index (χ3v) is 7.33. The molecule has 14 heteroatoms. The second-order valence-corrected chi connectivity index (χ2v) is 10.6. The summed E-state index contributed by atoms with van der Waals surface area (Å²) in [6.07, 6.45) is 2.24. The van der Waals surface area contributed by atoms with Crippen molar-refractivity contribution in [2.24, 2.45) is 0 Å². The predicted molar refractivity (Wildman–Crippen MR) is 165 cm³/mol. The van der Waals surface area contributed by atoms with Crippen LogP contribution in [0, 0.1) is 5.82 Å². The van der Waals surface area contributed by atoms with Crippen molar-refractivity contribution < 1.29 is 28.1 Å². The highest BCUT2D eigenvalue weighted by molar-refractivity contribution is 5.96. The summed E-state index contributed by atoms with van der Waals surface area (Å²) in [5.74, 6) is 2.70. The van der Waals surface area contributed by atoms with E-state index < -0.39 is 5.82 Å². The van der Waals surface area contributed by atoms with Gasteiger partial charge < -0.3 is 34.1 Å². The summed E-state index contributed by atoms with van der Waals surface area (Å²) in [4.78, 5) is 26.0. The molecule has 0 aliphatic carbocycles. The number of aromatic nitrogens is 6. The smallest absolute Gasteiger partial charge is 0.325 e. The number of nitrogens with zero attached hydrogens (tertiary/aromatic N) is 6. The Hall–Kier alpha value is -4.98. The molecule has 0 aliphatic rings. The molecule has 3 aromatic heterocycles. The average Bonchev–Trinajstić information content (AvgIpc) is 3.66. The first-order valence-electron chi connectivity index (χ1n) is 14.5. The molecule has 13 nitrogen and oxygen atoms in total. The lowest BCUT2D eigenvalue weighted by Gasteiger charge is -2.13. The minimum absolute atomic E-state index is 0.0906. The zero-order valence-electron chi connectivity index (χ0n) is 26.2. The van der Waals surface area contributed by atoms with Crippen molar-refractivity contribution in [3.8, 4) is 17.2 Å². The van der Waals surface area contributed by atoms with Gasteiger partial charge in [-0.25, -0.2) is 19.3 Å². The molecule has 5 rings (SSSR count). The number of hydrogen-bond donors (Lipinski definition) is 2. The number of halogens is 1. The van der Waals surface area contributed by atoms with Crippen LogP contribution in [0.2, 0.25) is 0 Å². The number of ether oxygens (including phenoxy) is 4. The van der Waals surface area contributed by atoms with Crippen LogP contribution in [0.4, 0.5) is 10.3 Å². The number of nitrogens with one attached hydrogen (secondary N) is 2. The maximum absolute atomic E-state index is 14.6. The average molecular weight is 621 g/mol. The zero-order valence-corrected chi connectivity index (χ0v) is 26.2. The van der Waals surface area contributed by atoms with Crippen LogP contribution < -0.4 is 24.8 Å². The third-order valence-electron chi connectivity index (χ3n) is 7.33. The molecule has 0 aliphatic heterocycles. The van der Waals surface area contributed by atoms with E-state index in [9.17, 15) is 9.18 Å². The number of hydrogen-bond acceptors (Lipinski definition) is 11. The zero-order chi connectivity index (χ0) is 32.1. The molecule has 2 N–H and O–H groups in total. The molecule has 0 spiro atoms. The first-order chi connectivity index (χ1) is 21.8. The molecule has 0 radical (unpaired) electrons. The minimum Gasteiger partial charge on any atom is -0.497 e. The minimum atomic E-state index is -0.470. The fourth-order valence-electron chi connectivity index (χ4n) is 5.06. The van der Waals surface area contributed by atoms with Gasteiger partial charge in [0.25, 0.3) is 0 Å². The van der Waals surface area contributed by atoms with Crippen LogP contribution in [0.25, 0.3) is 16.6 Å². The van der Waals surface area contributed by atoms with E-state index in [1.54, 1.807) is 31.0 Å². The standard InChI is InChI=1S/C31H37FN8O5/c1-18(2)29-34-16-21(39(29)17-27(41)45-6)15-33-10-9-26-36-30-23-11-20(32)12-25(44-5)28(23)37-31(40(30)38-26)35-14-19-7-8-22(42-3)13-24(19)43-4/h7-8,11-13,16,18,33H,9-10,14-15,17H2,1-6H3,(H,35,37). The summed E-state index contributed by atoms with van der Waals surface area (Å²) in [6, 6.07) is 8.22. The fraction of sp³-hybridized carbons (Fsp3) is 0.387. The van der Waals surface area contributed by atoms with Crippen molar-refractivity contribution in [2.75, 3.05) is 40.3 Å². The summed E-state index contributed by atoms with van der Waals surface area (Å²) in [5, 5.41) is 11.9. The fourth-order valence-corrected chi connectivity index (χ4v) is 5.06. The van der Waals surface area contributed by atoms with Crippen molar-refractivity contribution in [2.45, 2.75) is 45.8 Å². The molecule has 0 bridgehead atoms. The lowest BCUT2D eigenvalue weighted by molar-refractivity contribution is -0.141. The number of anilines is 1. The Morgan fingerprint density at radius 1 is 1.00 bits per heavy atom. The van der Waals surface area contributed by atoms with Gasteiger partial charge in [0.15, 0.2) is 11.5 Å². The maximum Gasteiger partial charge on any atom is 0.325 e. The van der Waals surface area contributed by atoms with E-state index in [0.29, 0.717) is 65.9 Å². The number of esters is 1. The number of carbonyl (C=O) groups excluding carboxylic acids is 1. The number of fused-ring (bicyclic) bond motifs is 3. The molecule has 5 aromatic rings. The van der Waals surface area contributed by atoms with Crippen LogP contribution in [0.15, 0.2) is 36.5 Å². The molecule has 3 heterocycles. The van der Waals surface area contributed by atoms with E-state index in [1.807, 2.05) is 30.5 Å². The van der Waals surface area contributed by atoms with Crippen molar-refractivity contribution in [3.63, 3.8) is 0 Å². The Bertz CT molecular complexity index is 1820. The molecule has 0 atom stereocenters. The first-order valence-corrected chi connectivity index (χ1v) is 14.5. The Morgan fingerprint density at radius 3 is 2.51 bits per heavy atom. The first kappa shape index (κ1) is 31.4. The van der Waals surface area contributed by atoms with E-state index in [2.05, 4.69) is 15.6 Å². The van der Waals surface area contributed by atoms with Gasteiger partial charge in [0.05, 0.1) is 39.5 Å². The number of rotatable bonds is 14. The lowest BCUT2D eigenvalue weighted by atomic mass is 10.2. The molecule has 0 saturated carbocycles. The predicted octanol–water partition coefficient (Wildman–Crippen LogP) is 3.88. The van der Waals surface area contributed by atoms with Crippen molar-refractivity contribution in [3.05, 3.63) is 65.3 Å². The second-order valence-electron chi connectivity index (χ2n) is 10.6. The molecule has 0 fully saturated rings. The highest BCUT2D eigenvalue weighted by Gasteiger charge is 2.19. The lowest BCUT2D eigenvalue weighted by Crippen LogP contribution is -2.22. The van der Waals surface area contributed by atoms with Crippen molar-refractivity contribution in [1.82, 2.24) is 34.4 Å². The summed E-state index contributed by atoms with van der Waals surface area (Å²) in [5.41, 5.74) is 2.63. The van der Waals surface area contributed by atoms with E-state index in [1.165, 1.54) is 26.4 Å². The molecular weight excluding hydrogens is 583 g/mol. The molecular formula is C31H37FN8O5. The topological polar surface area (TPSA) is 139 Å². The van der Waals surface area contributed by atoms with Crippen LogP contribution in [-0.2, 0) is 35.6 Å². The van der Waals surface area contributed by atoms with Crippen LogP contribution in [0.3, 0.4) is 0 Å². The van der Waals surface area contributed by atoms with Gasteiger partial charge in [-0.05, 0) is 18.2 Å². The summed E-state index contributed by atoms with van der Waals surface area (Å²) < 4.78 is 39.2. The van der Waals surface area contributed by atoms with Gasteiger partial charge in [-0.1, -0.05) is 13.8 Å². The monoisotopic (exact) mass is 620 g/mol. The Morgan fingerprint density at radius 2 is 1.80 bits per heavy atom. The Labute approximate surface area is 259 Å². The second kappa shape index (κ2) is 13.8. The normalized spacial score (nSPS) is 11.4. The van der Waals surface area contributed by atoms with Gasteiger partial charge in [-0.2, -0.15) is 4.52 Å². The Balaban J connectivity index is 1.40. The highest BCUT2D eigenvalue weighted by Crippen LogP contribution is 2.31. The van der Waals surface area contributed by atoms with Crippen LogP contribution in [0.1, 0.15) is 42.7 Å². The van der Waals surface area contributed by atoms with Gasteiger partial charge in [0.2, 0.25) is 5.95 Å². The molecule has 45 heavy (non-hydrogen) atoms. The quantitative estimate of drug-likeness (QED) is 0.138. The highest BCUT2D eigenvalue weighted by atomic mass is 19.1. The molecule has 2 aromatic carbocycles. The van der Waals surface area contributed by atoms with Crippen molar-refractivity contribution >= 4 is 28.5 Å². The molecule has 238 valence electrons. The molecule has 0 unspecified atom stereocenters. The number of carbonyl (C=O) groups is 1. The van der Waals surface area contributed by atoms with Gasteiger partial charge in [-0.15, -0.1) is 5.10 Å². The maximum atomic E-state index is 14.6. The summed E-state index contributed by atoms with van der Waals surface area (Å²) in [6.45, 7) is 5.52. The van der Waals surface area contributed by atoms with Gasteiger partial charge in [0, 0.05) is 55.9 Å². The third kappa shape index (κ3) is 6.75. The van der Waals surface area contributed by atoms with E-state index in [-0.39, 0.29) is 24.2 Å². The van der Waals surface area contributed by atoms with Crippen molar-refractivity contribution in [1.29, 1.82) is 0 Å². The van der Waals surface area contributed by atoms with E-state index in [4.69, 9.17) is 34.0 Å². The van der Waals surface area contributed by atoms with Crippen LogP contribution in [-0.4, -0.2) is 70.1 Å². The van der Waals surface area contributed by atoms with Gasteiger partial charge >= 0.3 is 5.97 Å². The summed E-state index contributed by atoms with van der Waals surface area (Å²) >= 11 is 0. The Kier molecular flexibility index (Phi) is 9.62. The van der Waals surface area contributed by atoms with E-state index in [0.717, 1.165) is 17.1 Å². The van der Waals surface area contributed by atoms with Gasteiger partial charge in [-0.3, -0.25) is 4.79 Å². The number of imidazole rings is 1. The largest absolute Gasteiger partial charge is 0.497 e. The van der Waals surface area contributed by atoms with Crippen LogP contribution in [0.5, 0.6) is 17.2 Å².